The van der Waals surface area contributed by atoms with E-state index in [0.717, 1.165) is 0 Å². The van der Waals surface area contributed by atoms with Crippen molar-refractivity contribution in [2.45, 2.75) is 46.9 Å². The molecular formula is C8H22NO3+. The van der Waals surface area contributed by atoms with Crippen LogP contribution in [0.25, 0.3) is 0 Å². The lowest BCUT2D eigenvalue weighted by Crippen LogP contribution is -2.61. The molecule has 3 atom stereocenters. The van der Waals surface area contributed by atoms with E-state index in [0.29, 0.717) is 0 Å². The van der Waals surface area contributed by atoms with Gasteiger partial charge in [0.25, 0.3) is 0 Å². The third-order valence-electron chi connectivity index (χ3n) is 2.42. The lowest BCUT2D eigenvalue weighted by molar-refractivity contribution is -1.03. The smallest absolute Gasteiger partial charge is 0.191 e. The second-order valence-electron chi connectivity index (χ2n) is 3.12. The van der Waals surface area contributed by atoms with Gasteiger partial charge in [0.1, 0.15) is 0 Å². The molecule has 4 nitrogen and oxygen atoms in total. The summed E-state index contributed by atoms with van der Waals surface area (Å²) in [5.74, 6) is 0. The van der Waals surface area contributed by atoms with Gasteiger partial charge in [0.2, 0.25) is 0 Å². The molecule has 0 saturated carbocycles. The standard InChI is InChI=1S/C7H18NO3.CH4/c1-5(9)8(4,6(2)10)7(3)11;/h5-7,9-11H,1-4H3;1H4/q+1;. The van der Waals surface area contributed by atoms with E-state index in [1.807, 2.05) is 0 Å². The molecule has 12 heavy (non-hydrogen) atoms. The molecule has 0 saturated heterocycles. The highest BCUT2D eigenvalue weighted by Crippen LogP contribution is 2.16. The average Bonchev–Trinajstić information content (AvgIpc) is 1.84. The van der Waals surface area contributed by atoms with Crippen molar-refractivity contribution in [3.05, 3.63) is 0 Å². The van der Waals surface area contributed by atoms with Crippen molar-refractivity contribution >= 4 is 0 Å². The Kier molecular flexibility index (Phi) is 5.71. The summed E-state index contributed by atoms with van der Waals surface area (Å²) in [6.45, 7) is 4.62. The van der Waals surface area contributed by atoms with Crippen LogP contribution in [0.2, 0.25) is 0 Å². The molecule has 0 aromatic heterocycles. The second-order valence-corrected chi connectivity index (χ2v) is 3.12. The molecule has 0 fully saturated rings. The Balaban J connectivity index is 0. The average molecular weight is 180 g/mol. The largest absolute Gasteiger partial charge is 0.345 e. The van der Waals surface area contributed by atoms with Crippen LogP contribution < -0.4 is 0 Å². The van der Waals surface area contributed by atoms with Crippen LogP contribution in [0.4, 0.5) is 0 Å². The number of hydrogen-bond donors (Lipinski definition) is 3. The number of hydrogen-bond acceptors (Lipinski definition) is 3. The number of aliphatic hydroxyl groups is 3. The zero-order chi connectivity index (χ0) is 9.23. The third-order valence-corrected chi connectivity index (χ3v) is 2.42. The third kappa shape index (κ3) is 2.42. The van der Waals surface area contributed by atoms with Crippen LogP contribution in [0.3, 0.4) is 0 Å². The van der Waals surface area contributed by atoms with E-state index >= 15 is 0 Å². The summed E-state index contributed by atoms with van der Waals surface area (Å²) >= 11 is 0. The van der Waals surface area contributed by atoms with E-state index in [2.05, 4.69) is 0 Å². The Hall–Kier alpha value is -0.160. The predicted octanol–water partition coefficient (Wildman–Crippen LogP) is 0.0840. The molecule has 4 heteroatoms. The van der Waals surface area contributed by atoms with E-state index in [1.165, 1.54) is 0 Å². The van der Waals surface area contributed by atoms with Crippen LogP contribution in [0.5, 0.6) is 0 Å². The lowest BCUT2D eigenvalue weighted by Gasteiger charge is -2.41. The highest BCUT2D eigenvalue weighted by Gasteiger charge is 2.37. The molecule has 0 bridgehead atoms. The van der Waals surface area contributed by atoms with Gasteiger partial charge in [-0.1, -0.05) is 7.43 Å². The molecular weight excluding hydrogens is 158 g/mol. The van der Waals surface area contributed by atoms with Crippen LogP contribution in [0.1, 0.15) is 28.2 Å². The van der Waals surface area contributed by atoms with Crippen LogP contribution in [-0.4, -0.2) is 45.5 Å². The van der Waals surface area contributed by atoms with Crippen LogP contribution in [0.15, 0.2) is 0 Å². The van der Waals surface area contributed by atoms with Crippen molar-refractivity contribution in [3.8, 4) is 0 Å². The van der Waals surface area contributed by atoms with Crippen molar-refractivity contribution < 1.29 is 19.8 Å². The first kappa shape index (κ1) is 14.4. The summed E-state index contributed by atoms with van der Waals surface area (Å²) < 4.78 is -0.167. The molecule has 0 aliphatic rings. The van der Waals surface area contributed by atoms with Crippen LogP contribution >= 0.6 is 0 Å². The highest BCUT2D eigenvalue weighted by molar-refractivity contribution is 4.40. The first-order chi connectivity index (χ1) is 4.83. The van der Waals surface area contributed by atoms with E-state index in [4.69, 9.17) is 0 Å². The Morgan fingerprint density at radius 1 is 0.833 bits per heavy atom. The van der Waals surface area contributed by atoms with Crippen LogP contribution in [-0.2, 0) is 0 Å². The van der Waals surface area contributed by atoms with Crippen molar-refractivity contribution in [3.63, 3.8) is 0 Å². The molecule has 3 unspecified atom stereocenters. The summed E-state index contributed by atoms with van der Waals surface area (Å²) in [4.78, 5) is 0. The fraction of sp³-hybridized carbons (Fsp3) is 1.00. The molecule has 0 radical (unpaired) electrons. The van der Waals surface area contributed by atoms with Gasteiger partial charge in [-0.25, -0.2) is 0 Å². The monoisotopic (exact) mass is 180 g/mol. The van der Waals surface area contributed by atoms with Crippen molar-refractivity contribution in [2.24, 2.45) is 0 Å². The Morgan fingerprint density at radius 2 is 1.00 bits per heavy atom. The number of nitrogens with zero attached hydrogens (tertiary/aromatic N) is 1. The summed E-state index contributed by atoms with van der Waals surface area (Å²) in [6.07, 6.45) is -2.35. The van der Waals surface area contributed by atoms with Gasteiger partial charge in [-0.15, -0.1) is 0 Å². The first-order valence-electron chi connectivity index (χ1n) is 3.73. The normalized spacial score (nSPS) is 23.2. The molecule has 0 aromatic carbocycles. The summed E-state index contributed by atoms with van der Waals surface area (Å²) in [5.41, 5.74) is 0. The fourth-order valence-electron chi connectivity index (χ4n) is 0.937. The molecule has 0 aromatic rings. The van der Waals surface area contributed by atoms with Gasteiger partial charge >= 0.3 is 0 Å². The van der Waals surface area contributed by atoms with Gasteiger partial charge < -0.3 is 15.3 Å². The Morgan fingerprint density at radius 3 is 1.00 bits per heavy atom. The molecule has 0 amide bonds. The quantitative estimate of drug-likeness (QED) is 0.426. The van der Waals surface area contributed by atoms with Crippen molar-refractivity contribution in [2.75, 3.05) is 7.05 Å². The Bertz CT molecular complexity index is 102. The molecule has 0 aliphatic carbocycles. The van der Waals surface area contributed by atoms with E-state index in [1.54, 1.807) is 27.8 Å². The minimum atomic E-state index is -0.782. The second kappa shape index (κ2) is 4.77. The van der Waals surface area contributed by atoms with Gasteiger partial charge in [-0.05, 0) is 0 Å². The lowest BCUT2D eigenvalue weighted by atomic mass is 10.3. The molecule has 0 spiro atoms. The van der Waals surface area contributed by atoms with E-state index in [-0.39, 0.29) is 11.9 Å². The zero-order valence-corrected chi connectivity index (χ0v) is 7.52. The first-order valence-corrected chi connectivity index (χ1v) is 3.73. The predicted molar refractivity (Wildman–Crippen MR) is 48.0 cm³/mol. The van der Waals surface area contributed by atoms with Crippen molar-refractivity contribution in [1.82, 2.24) is 0 Å². The van der Waals surface area contributed by atoms with Gasteiger partial charge in [0, 0.05) is 20.8 Å². The number of aliphatic hydroxyl groups excluding tert-OH is 3. The summed E-state index contributed by atoms with van der Waals surface area (Å²) in [5, 5.41) is 27.8. The number of rotatable bonds is 3. The zero-order valence-electron chi connectivity index (χ0n) is 7.52. The molecule has 0 aliphatic heterocycles. The maximum Gasteiger partial charge on any atom is 0.191 e. The topological polar surface area (TPSA) is 60.7 Å². The minimum absolute atomic E-state index is 0. The maximum atomic E-state index is 9.26. The fourth-order valence-corrected chi connectivity index (χ4v) is 0.937. The van der Waals surface area contributed by atoms with Gasteiger partial charge in [-0.2, -0.15) is 0 Å². The van der Waals surface area contributed by atoms with Crippen molar-refractivity contribution in [1.29, 1.82) is 0 Å². The summed E-state index contributed by atoms with van der Waals surface area (Å²) in [7, 11) is 1.60. The highest BCUT2D eigenvalue weighted by atomic mass is 16.4. The van der Waals surface area contributed by atoms with E-state index in [9.17, 15) is 15.3 Å². The summed E-state index contributed by atoms with van der Waals surface area (Å²) in [6, 6.07) is 0. The SMILES string of the molecule is C.CC(O)[N+](C)(C(C)O)C(C)O. The van der Waals surface area contributed by atoms with Crippen LogP contribution in [0, 0.1) is 0 Å². The van der Waals surface area contributed by atoms with Gasteiger partial charge in [0.05, 0.1) is 7.05 Å². The molecule has 0 rings (SSSR count). The molecule has 76 valence electrons. The Labute approximate surface area is 74.7 Å². The van der Waals surface area contributed by atoms with E-state index < -0.39 is 18.7 Å². The molecule has 0 heterocycles. The van der Waals surface area contributed by atoms with Gasteiger partial charge in [-0.3, -0.25) is 4.48 Å². The minimum Gasteiger partial charge on any atom is -0.345 e. The number of quaternary nitrogens is 1. The maximum absolute atomic E-state index is 9.26. The van der Waals surface area contributed by atoms with Gasteiger partial charge in [0.15, 0.2) is 18.7 Å². The molecule has 3 N–H and O–H groups in total.